The minimum absolute atomic E-state index is 0.119. The highest BCUT2D eigenvalue weighted by Gasteiger charge is 2.19. The Hall–Kier alpha value is -3.34. The fourth-order valence-corrected chi connectivity index (χ4v) is 3.94. The zero-order chi connectivity index (χ0) is 22.8. The molecule has 0 unspecified atom stereocenters. The molecule has 3 N–H and O–H groups in total. The number of nitrogens with one attached hydrogen (secondary N) is 3. The van der Waals surface area contributed by atoms with Crippen LogP contribution < -0.4 is 5.32 Å². The first kappa shape index (κ1) is 21.5. The van der Waals surface area contributed by atoms with Gasteiger partial charge in [-0.3, -0.25) is 14.8 Å². The number of carbonyl (C=O) groups is 1. The number of hydrogen-bond donors (Lipinski definition) is 3. The predicted octanol–water partition coefficient (Wildman–Crippen LogP) is 3.04. The van der Waals surface area contributed by atoms with Crippen LogP contribution in [-0.2, 0) is 17.7 Å². The molecular weight excluding hydrogens is 444 g/mol. The molecule has 1 aliphatic rings. The SMILES string of the molecule is CCc1ncc(Cl)c(C(=O)Nc2c[nH]nc2-c2nc3cc(CN4CCOCC4)ccc3[nH]2)n1. The molecule has 33 heavy (non-hydrogen) atoms. The highest BCUT2D eigenvalue weighted by Crippen LogP contribution is 2.27. The fraction of sp³-hybridized carbons (Fsp3) is 0.318. The van der Waals surface area contributed by atoms with Crippen molar-refractivity contribution in [3.8, 4) is 11.5 Å². The van der Waals surface area contributed by atoms with Crippen molar-refractivity contribution in [2.45, 2.75) is 19.9 Å². The molecule has 3 aromatic heterocycles. The van der Waals surface area contributed by atoms with Crippen LogP contribution in [0.25, 0.3) is 22.6 Å². The highest BCUT2D eigenvalue weighted by molar-refractivity contribution is 6.34. The van der Waals surface area contributed by atoms with Crippen LogP contribution >= 0.6 is 11.6 Å². The van der Waals surface area contributed by atoms with Crippen molar-refractivity contribution in [2.75, 3.05) is 31.6 Å². The summed E-state index contributed by atoms with van der Waals surface area (Å²) in [5.41, 5.74) is 4.00. The summed E-state index contributed by atoms with van der Waals surface area (Å²) in [6, 6.07) is 6.18. The minimum Gasteiger partial charge on any atom is -0.379 e. The quantitative estimate of drug-likeness (QED) is 0.399. The number of nitrogens with zero attached hydrogens (tertiary/aromatic N) is 5. The molecule has 1 fully saturated rings. The molecule has 10 nitrogen and oxygen atoms in total. The number of halogens is 1. The number of aromatic amines is 2. The minimum atomic E-state index is -0.441. The maximum Gasteiger partial charge on any atom is 0.276 e. The second-order valence-electron chi connectivity index (χ2n) is 7.76. The number of fused-ring (bicyclic) bond motifs is 1. The van der Waals surface area contributed by atoms with Crippen LogP contribution in [0.5, 0.6) is 0 Å². The Morgan fingerprint density at radius 2 is 2.12 bits per heavy atom. The molecule has 0 bridgehead atoms. The molecule has 4 heterocycles. The van der Waals surface area contributed by atoms with Crippen molar-refractivity contribution in [3.63, 3.8) is 0 Å². The summed E-state index contributed by atoms with van der Waals surface area (Å²) < 4.78 is 5.42. The number of imidazole rings is 1. The van der Waals surface area contributed by atoms with Gasteiger partial charge < -0.3 is 15.0 Å². The number of rotatable bonds is 6. The van der Waals surface area contributed by atoms with Crippen LogP contribution in [0.2, 0.25) is 5.02 Å². The van der Waals surface area contributed by atoms with Crippen molar-refractivity contribution in [1.29, 1.82) is 0 Å². The summed E-state index contributed by atoms with van der Waals surface area (Å²) in [7, 11) is 0. The zero-order valence-corrected chi connectivity index (χ0v) is 18.8. The van der Waals surface area contributed by atoms with Crippen LogP contribution in [0.1, 0.15) is 28.8 Å². The van der Waals surface area contributed by atoms with Gasteiger partial charge in [-0.25, -0.2) is 15.0 Å². The Labute approximate surface area is 194 Å². The lowest BCUT2D eigenvalue weighted by Gasteiger charge is -2.26. The first-order valence-electron chi connectivity index (χ1n) is 10.8. The summed E-state index contributed by atoms with van der Waals surface area (Å²) in [5.74, 6) is 0.652. The monoisotopic (exact) mass is 466 g/mol. The summed E-state index contributed by atoms with van der Waals surface area (Å²) in [4.78, 5) is 31.5. The van der Waals surface area contributed by atoms with E-state index in [4.69, 9.17) is 21.3 Å². The third-order valence-corrected chi connectivity index (χ3v) is 5.77. The number of aromatic nitrogens is 6. The van der Waals surface area contributed by atoms with Crippen LogP contribution in [-0.4, -0.2) is 67.2 Å². The maximum absolute atomic E-state index is 12.8. The van der Waals surface area contributed by atoms with Gasteiger partial charge >= 0.3 is 0 Å². The molecular formula is C22H23ClN8O2. The van der Waals surface area contributed by atoms with Gasteiger partial charge in [0.15, 0.2) is 17.2 Å². The van der Waals surface area contributed by atoms with E-state index in [-0.39, 0.29) is 10.7 Å². The average Bonchev–Trinajstić information content (AvgIpc) is 3.46. The largest absolute Gasteiger partial charge is 0.379 e. The molecule has 11 heteroatoms. The molecule has 0 saturated carbocycles. The number of H-pyrrole nitrogens is 2. The van der Waals surface area contributed by atoms with Gasteiger partial charge in [0.05, 0.1) is 41.2 Å². The van der Waals surface area contributed by atoms with Crippen molar-refractivity contribution in [1.82, 2.24) is 35.0 Å². The van der Waals surface area contributed by atoms with Crippen molar-refractivity contribution >= 4 is 34.2 Å². The lowest BCUT2D eigenvalue weighted by Crippen LogP contribution is -2.35. The number of amides is 1. The summed E-state index contributed by atoms with van der Waals surface area (Å²) in [5, 5.41) is 10.1. The zero-order valence-electron chi connectivity index (χ0n) is 18.1. The highest BCUT2D eigenvalue weighted by atomic mass is 35.5. The van der Waals surface area contributed by atoms with Gasteiger partial charge in [-0.1, -0.05) is 24.6 Å². The van der Waals surface area contributed by atoms with Crippen LogP contribution in [0, 0.1) is 0 Å². The number of hydrogen-bond acceptors (Lipinski definition) is 7. The van der Waals surface area contributed by atoms with Gasteiger partial charge in [-0.15, -0.1) is 0 Å². The molecule has 0 atom stereocenters. The summed E-state index contributed by atoms with van der Waals surface area (Å²) >= 11 is 6.14. The number of aryl methyl sites for hydroxylation is 1. The molecule has 1 aromatic carbocycles. The van der Waals surface area contributed by atoms with Gasteiger partial charge in [0, 0.05) is 32.3 Å². The number of morpholine rings is 1. The van der Waals surface area contributed by atoms with E-state index in [1.807, 2.05) is 13.0 Å². The van der Waals surface area contributed by atoms with Crippen LogP contribution in [0.4, 0.5) is 5.69 Å². The van der Waals surface area contributed by atoms with Gasteiger partial charge in [-0.2, -0.15) is 5.10 Å². The van der Waals surface area contributed by atoms with E-state index in [2.05, 4.69) is 47.5 Å². The van der Waals surface area contributed by atoms with Crippen LogP contribution in [0.15, 0.2) is 30.6 Å². The van der Waals surface area contributed by atoms with E-state index in [1.54, 1.807) is 6.20 Å². The van der Waals surface area contributed by atoms with Gasteiger partial charge in [0.1, 0.15) is 5.82 Å². The number of anilines is 1. The lowest BCUT2D eigenvalue weighted by molar-refractivity contribution is 0.0342. The van der Waals surface area contributed by atoms with Gasteiger partial charge in [-0.05, 0) is 17.7 Å². The van der Waals surface area contributed by atoms with Crippen molar-refractivity contribution in [2.24, 2.45) is 0 Å². The standard InChI is InChI=1S/C22H23ClN8O2/c1-2-18-24-10-14(23)19(29-18)22(32)28-17-11-25-30-20(17)21-26-15-4-3-13(9-16(15)27-21)12-31-5-7-33-8-6-31/h3-4,9-11H,2,5-8,12H2,1H3,(H,25,30)(H,26,27)(H,28,32). The molecule has 0 aliphatic carbocycles. The average molecular weight is 467 g/mol. The number of ether oxygens (including phenoxy) is 1. The molecule has 1 saturated heterocycles. The molecule has 5 rings (SSSR count). The maximum atomic E-state index is 12.8. The first-order valence-corrected chi connectivity index (χ1v) is 11.1. The molecule has 1 amide bonds. The Balaban J connectivity index is 1.38. The number of carbonyl (C=O) groups excluding carboxylic acids is 1. The molecule has 1 aliphatic heterocycles. The second kappa shape index (κ2) is 9.26. The van der Waals surface area contributed by atoms with Crippen molar-refractivity contribution < 1.29 is 9.53 Å². The number of benzene rings is 1. The lowest BCUT2D eigenvalue weighted by atomic mass is 10.2. The molecule has 170 valence electrons. The summed E-state index contributed by atoms with van der Waals surface area (Å²) in [6.07, 6.45) is 3.63. The third-order valence-electron chi connectivity index (χ3n) is 5.50. The van der Waals surface area contributed by atoms with E-state index < -0.39 is 5.91 Å². The van der Waals surface area contributed by atoms with E-state index in [1.165, 1.54) is 11.8 Å². The topological polar surface area (TPSA) is 125 Å². The Morgan fingerprint density at radius 3 is 2.94 bits per heavy atom. The van der Waals surface area contributed by atoms with E-state index in [9.17, 15) is 4.79 Å². The third kappa shape index (κ3) is 4.58. The Morgan fingerprint density at radius 1 is 1.27 bits per heavy atom. The Kier molecular flexibility index (Phi) is 6.03. The van der Waals surface area contributed by atoms with Gasteiger partial charge in [0.2, 0.25) is 0 Å². The molecule has 0 radical (unpaired) electrons. The second-order valence-corrected chi connectivity index (χ2v) is 8.17. The predicted molar refractivity (Wildman–Crippen MR) is 124 cm³/mol. The van der Waals surface area contributed by atoms with E-state index >= 15 is 0 Å². The van der Waals surface area contributed by atoms with Crippen molar-refractivity contribution in [3.05, 3.63) is 52.7 Å². The normalized spacial score (nSPS) is 14.6. The van der Waals surface area contributed by atoms with E-state index in [0.717, 1.165) is 43.9 Å². The first-order chi connectivity index (χ1) is 16.1. The Bertz CT molecular complexity index is 1290. The van der Waals surface area contributed by atoms with Crippen LogP contribution in [0.3, 0.4) is 0 Å². The molecule has 4 aromatic rings. The fourth-order valence-electron chi connectivity index (χ4n) is 3.76. The molecule has 0 spiro atoms. The van der Waals surface area contributed by atoms with Gasteiger partial charge in [0.25, 0.3) is 5.91 Å². The smallest absolute Gasteiger partial charge is 0.276 e. The summed E-state index contributed by atoms with van der Waals surface area (Å²) in [6.45, 7) is 6.15. The van der Waals surface area contributed by atoms with E-state index in [0.29, 0.717) is 29.5 Å².